The molecule has 27 heavy (non-hydrogen) atoms. The number of carbonyl (C=O) groups excluding carboxylic acids is 1. The lowest BCUT2D eigenvalue weighted by molar-refractivity contribution is -0.126. The molecule has 0 bridgehead atoms. The summed E-state index contributed by atoms with van der Waals surface area (Å²) in [7, 11) is -3.64. The van der Waals surface area contributed by atoms with Gasteiger partial charge < -0.3 is 10.2 Å². The van der Waals surface area contributed by atoms with Crippen molar-refractivity contribution in [1.82, 2.24) is 10.2 Å². The molecule has 1 fully saturated rings. The molecule has 6 nitrogen and oxygen atoms in total. The van der Waals surface area contributed by atoms with Crippen LogP contribution in [-0.2, 0) is 21.4 Å². The van der Waals surface area contributed by atoms with Crippen LogP contribution in [0.4, 0.5) is 0 Å². The lowest BCUT2D eigenvalue weighted by atomic mass is 9.96. The first-order valence-corrected chi connectivity index (χ1v) is 10.5. The quantitative estimate of drug-likeness (QED) is 0.881. The van der Waals surface area contributed by atoms with E-state index >= 15 is 0 Å². The predicted molar refractivity (Wildman–Crippen MR) is 103 cm³/mol. The van der Waals surface area contributed by atoms with E-state index in [1.54, 1.807) is 18.2 Å². The first-order valence-electron chi connectivity index (χ1n) is 9.05. The number of amidine groups is 1. The van der Waals surface area contributed by atoms with Crippen LogP contribution in [0.2, 0.25) is 0 Å². The zero-order valence-electron chi connectivity index (χ0n) is 14.8. The van der Waals surface area contributed by atoms with E-state index in [-0.39, 0.29) is 16.7 Å². The van der Waals surface area contributed by atoms with Gasteiger partial charge in [-0.2, -0.15) is 8.42 Å². The van der Waals surface area contributed by atoms with Gasteiger partial charge in [0.25, 0.3) is 10.0 Å². The number of hydrogen-bond donors (Lipinski definition) is 1. The third-order valence-corrected chi connectivity index (χ3v) is 6.34. The van der Waals surface area contributed by atoms with E-state index in [9.17, 15) is 13.2 Å². The second-order valence-corrected chi connectivity index (χ2v) is 8.45. The largest absolute Gasteiger partial charge is 0.355 e. The van der Waals surface area contributed by atoms with Gasteiger partial charge in [0.15, 0.2) is 5.84 Å². The van der Waals surface area contributed by atoms with Gasteiger partial charge in [0.05, 0.1) is 5.92 Å². The summed E-state index contributed by atoms with van der Waals surface area (Å²) in [6.45, 7) is 1.67. The van der Waals surface area contributed by atoms with Crippen LogP contribution in [0.15, 0.2) is 63.9 Å². The minimum absolute atomic E-state index is 0.00158. The number of benzene rings is 2. The second kappa shape index (κ2) is 7.15. The fraction of sp³-hybridized carbons (Fsp3) is 0.300. The van der Waals surface area contributed by atoms with E-state index in [1.807, 2.05) is 41.3 Å². The molecule has 2 aliphatic rings. The Morgan fingerprint density at radius 3 is 2.67 bits per heavy atom. The molecule has 2 heterocycles. The third kappa shape index (κ3) is 3.60. The van der Waals surface area contributed by atoms with E-state index in [4.69, 9.17) is 0 Å². The van der Waals surface area contributed by atoms with E-state index in [0.29, 0.717) is 31.0 Å². The van der Waals surface area contributed by atoms with Crippen molar-refractivity contribution in [3.63, 3.8) is 0 Å². The molecule has 1 N–H and O–H groups in total. The molecule has 1 saturated heterocycles. The summed E-state index contributed by atoms with van der Waals surface area (Å²) in [5.74, 6) is 0.282. The zero-order chi connectivity index (χ0) is 18.9. The third-order valence-electron chi connectivity index (χ3n) is 5.01. The van der Waals surface area contributed by atoms with Crippen LogP contribution in [0.1, 0.15) is 24.0 Å². The fourth-order valence-corrected chi connectivity index (χ4v) is 4.86. The number of likely N-dealkylation sites (tertiary alicyclic amines) is 1. The molecule has 0 saturated carbocycles. The minimum Gasteiger partial charge on any atom is -0.355 e. The predicted octanol–water partition coefficient (Wildman–Crippen LogP) is 2.16. The molecule has 0 aromatic heterocycles. The standard InChI is InChI=1S/C20H21N3O3S/c24-20(21-13-15-7-2-1-3-8-15)16-9-6-12-23(14-16)19-17-10-4-5-11-18(17)27(25,26)22-19/h1-5,7-8,10-11,16H,6,9,12-14H2,(H,21,24)/t16-/m0/s1. The van der Waals surface area contributed by atoms with Crippen molar-refractivity contribution < 1.29 is 13.2 Å². The highest BCUT2D eigenvalue weighted by Gasteiger charge is 2.35. The van der Waals surface area contributed by atoms with E-state index in [0.717, 1.165) is 18.4 Å². The van der Waals surface area contributed by atoms with Crippen molar-refractivity contribution in [2.45, 2.75) is 24.3 Å². The Morgan fingerprint density at radius 2 is 1.85 bits per heavy atom. The number of piperidine rings is 1. The van der Waals surface area contributed by atoms with Crippen LogP contribution in [-0.4, -0.2) is 38.2 Å². The Kier molecular flexibility index (Phi) is 4.70. The van der Waals surface area contributed by atoms with Gasteiger partial charge in [-0.3, -0.25) is 4.79 Å². The first-order chi connectivity index (χ1) is 13.0. The van der Waals surface area contributed by atoms with Gasteiger partial charge in [-0.15, -0.1) is 4.40 Å². The maximum atomic E-state index is 12.6. The Hall–Kier alpha value is -2.67. The summed E-state index contributed by atoms with van der Waals surface area (Å²) in [5.41, 5.74) is 1.68. The second-order valence-electron chi connectivity index (χ2n) is 6.87. The maximum Gasteiger partial charge on any atom is 0.285 e. The monoisotopic (exact) mass is 383 g/mol. The molecular formula is C20H21N3O3S. The number of carbonyl (C=O) groups is 1. The van der Waals surface area contributed by atoms with Gasteiger partial charge in [-0.25, -0.2) is 0 Å². The number of fused-ring (bicyclic) bond motifs is 1. The molecule has 0 radical (unpaired) electrons. The normalized spacial score (nSPS) is 20.7. The molecular weight excluding hydrogens is 362 g/mol. The van der Waals surface area contributed by atoms with Gasteiger partial charge in [0, 0.05) is 25.2 Å². The molecule has 2 aliphatic heterocycles. The van der Waals surface area contributed by atoms with Gasteiger partial charge in [-0.05, 0) is 30.5 Å². The van der Waals surface area contributed by atoms with Crippen LogP contribution in [0.5, 0.6) is 0 Å². The lowest BCUT2D eigenvalue weighted by Crippen LogP contribution is -2.45. The first kappa shape index (κ1) is 17.7. The van der Waals surface area contributed by atoms with Gasteiger partial charge in [0.1, 0.15) is 4.90 Å². The Bertz CT molecular complexity index is 987. The SMILES string of the molecule is O=C(NCc1ccccc1)[C@H]1CCCN(C2=NS(=O)(=O)c3ccccc32)C1. The van der Waals surface area contributed by atoms with E-state index in [1.165, 1.54) is 0 Å². The van der Waals surface area contributed by atoms with E-state index < -0.39 is 10.0 Å². The molecule has 4 rings (SSSR count). The number of sulfonamides is 1. The summed E-state index contributed by atoms with van der Waals surface area (Å²) in [6, 6.07) is 16.6. The molecule has 0 aliphatic carbocycles. The van der Waals surface area contributed by atoms with E-state index in [2.05, 4.69) is 9.71 Å². The smallest absolute Gasteiger partial charge is 0.285 e. The van der Waals surface area contributed by atoms with Crippen molar-refractivity contribution >= 4 is 21.8 Å². The van der Waals surface area contributed by atoms with Crippen molar-refractivity contribution in [1.29, 1.82) is 0 Å². The Morgan fingerprint density at radius 1 is 1.11 bits per heavy atom. The van der Waals surface area contributed by atoms with Crippen LogP contribution < -0.4 is 5.32 Å². The molecule has 2 aromatic carbocycles. The van der Waals surface area contributed by atoms with Crippen molar-refractivity contribution in [2.75, 3.05) is 13.1 Å². The molecule has 0 spiro atoms. The van der Waals surface area contributed by atoms with Crippen LogP contribution >= 0.6 is 0 Å². The van der Waals surface area contributed by atoms with Crippen LogP contribution in [0.25, 0.3) is 0 Å². The Balaban J connectivity index is 1.47. The number of nitrogens with one attached hydrogen (secondary N) is 1. The number of rotatable bonds is 3. The minimum atomic E-state index is -3.64. The number of nitrogens with zero attached hydrogens (tertiary/aromatic N) is 2. The maximum absolute atomic E-state index is 12.6. The molecule has 140 valence electrons. The summed E-state index contributed by atoms with van der Waals surface area (Å²) in [4.78, 5) is 14.8. The highest BCUT2D eigenvalue weighted by Crippen LogP contribution is 2.29. The van der Waals surface area contributed by atoms with Crippen LogP contribution in [0.3, 0.4) is 0 Å². The number of amides is 1. The van der Waals surface area contributed by atoms with Crippen LogP contribution in [0, 0.1) is 5.92 Å². The van der Waals surface area contributed by atoms with Gasteiger partial charge in [-0.1, -0.05) is 42.5 Å². The summed E-state index contributed by atoms with van der Waals surface area (Å²) < 4.78 is 28.6. The summed E-state index contributed by atoms with van der Waals surface area (Å²) >= 11 is 0. The lowest BCUT2D eigenvalue weighted by Gasteiger charge is -2.33. The molecule has 0 unspecified atom stereocenters. The zero-order valence-corrected chi connectivity index (χ0v) is 15.7. The van der Waals surface area contributed by atoms with Gasteiger partial charge in [0.2, 0.25) is 5.91 Å². The Labute approximate surface area is 159 Å². The fourth-order valence-electron chi connectivity index (χ4n) is 3.63. The average Bonchev–Trinajstić information content (AvgIpc) is 2.98. The summed E-state index contributed by atoms with van der Waals surface area (Å²) in [5, 5.41) is 2.99. The molecule has 1 amide bonds. The van der Waals surface area contributed by atoms with Crippen molar-refractivity contribution in [3.05, 3.63) is 65.7 Å². The highest BCUT2D eigenvalue weighted by atomic mass is 32.2. The molecule has 2 aromatic rings. The van der Waals surface area contributed by atoms with Crippen molar-refractivity contribution in [2.24, 2.45) is 10.3 Å². The topological polar surface area (TPSA) is 78.8 Å². The van der Waals surface area contributed by atoms with Crippen molar-refractivity contribution in [3.8, 4) is 0 Å². The molecule has 1 atom stereocenters. The average molecular weight is 383 g/mol. The number of hydrogen-bond acceptors (Lipinski definition) is 4. The highest BCUT2D eigenvalue weighted by molar-refractivity contribution is 7.90. The molecule has 7 heteroatoms. The van der Waals surface area contributed by atoms with Gasteiger partial charge >= 0.3 is 0 Å². The summed E-state index contributed by atoms with van der Waals surface area (Å²) in [6.07, 6.45) is 1.61.